The topological polar surface area (TPSA) is 80.1 Å². The van der Waals surface area contributed by atoms with Gasteiger partial charge in [-0.25, -0.2) is 4.98 Å². The molecule has 4 aromatic rings. The van der Waals surface area contributed by atoms with Crippen molar-refractivity contribution in [2.45, 2.75) is 46.1 Å². The predicted octanol–water partition coefficient (Wildman–Crippen LogP) is 5.58. The van der Waals surface area contributed by atoms with Crippen LogP contribution in [0.3, 0.4) is 0 Å². The molecular formula is C27H29N5O2S. The number of pyridine rings is 1. The van der Waals surface area contributed by atoms with Crippen molar-refractivity contribution in [1.82, 2.24) is 19.7 Å². The number of likely N-dealkylation sites (tertiary alicyclic amines) is 1. The Morgan fingerprint density at radius 2 is 1.97 bits per heavy atom. The number of fused-ring (bicyclic) bond motifs is 1. The average molecular weight is 488 g/mol. The van der Waals surface area contributed by atoms with Gasteiger partial charge in [0.1, 0.15) is 0 Å². The Morgan fingerprint density at radius 3 is 2.69 bits per heavy atom. The Morgan fingerprint density at radius 1 is 1.14 bits per heavy atom. The molecule has 1 aromatic carbocycles. The molecule has 0 spiro atoms. The van der Waals surface area contributed by atoms with Crippen LogP contribution in [0.1, 0.15) is 58.2 Å². The summed E-state index contributed by atoms with van der Waals surface area (Å²) in [5, 5.41) is 10.3. The number of carbonyl (C=O) groups is 2. The molecule has 3 aromatic heterocycles. The van der Waals surface area contributed by atoms with E-state index in [4.69, 9.17) is 4.98 Å². The Labute approximate surface area is 208 Å². The molecule has 0 aliphatic carbocycles. The summed E-state index contributed by atoms with van der Waals surface area (Å²) in [6.07, 6.45) is 3.26. The van der Waals surface area contributed by atoms with Crippen LogP contribution in [-0.2, 0) is 7.05 Å². The smallest absolute Gasteiger partial charge is 0.256 e. The molecule has 0 bridgehead atoms. The standard InChI is InChI=1S/C27H29N5O2S/c1-16-14-19(27(34)32-12-6-5-8-17(32)2)10-11-21(16)29-26(33)20-15-22(23-9-7-13-35-23)28-25-24(20)18(3)30-31(25)4/h7,9-11,13-15,17H,5-6,8,12H2,1-4H3,(H,29,33). The molecule has 1 fully saturated rings. The molecule has 0 radical (unpaired) electrons. The second kappa shape index (κ2) is 9.26. The minimum absolute atomic E-state index is 0.0561. The van der Waals surface area contributed by atoms with Crippen LogP contribution in [0.4, 0.5) is 5.69 Å². The number of nitrogens with one attached hydrogen (secondary N) is 1. The van der Waals surface area contributed by atoms with E-state index in [1.54, 1.807) is 22.1 Å². The molecule has 7 nitrogen and oxygen atoms in total. The molecular weight excluding hydrogens is 458 g/mol. The summed E-state index contributed by atoms with van der Waals surface area (Å²) >= 11 is 1.58. The first kappa shape index (κ1) is 23.2. The van der Waals surface area contributed by atoms with E-state index in [1.165, 1.54) is 6.42 Å². The lowest BCUT2D eigenvalue weighted by Crippen LogP contribution is -2.42. The first-order chi connectivity index (χ1) is 16.8. The van der Waals surface area contributed by atoms with Crippen LogP contribution in [0.5, 0.6) is 0 Å². The molecule has 35 heavy (non-hydrogen) atoms. The van der Waals surface area contributed by atoms with Crippen molar-refractivity contribution in [3.05, 3.63) is 64.2 Å². The fraction of sp³-hybridized carbons (Fsp3) is 0.333. The number of carbonyl (C=O) groups excluding carboxylic acids is 2. The largest absolute Gasteiger partial charge is 0.336 e. The highest BCUT2D eigenvalue weighted by Gasteiger charge is 2.25. The number of aryl methyl sites for hydroxylation is 3. The third-order valence-corrected chi connectivity index (χ3v) is 7.66. The molecule has 5 rings (SSSR count). The van der Waals surface area contributed by atoms with Crippen molar-refractivity contribution in [2.24, 2.45) is 7.05 Å². The lowest BCUT2D eigenvalue weighted by atomic mass is 10.0. The van der Waals surface area contributed by atoms with Gasteiger partial charge in [-0.3, -0.25) is 14.3 Å². The fourth-order valence-electron chi connectivity index (χ4n) is 4.87. The van der Waals surface area contributed by atoms with Gasteiger partial charge in [0.25, 0.3) is 11.8 Å². The average Bonchev–Trinajstić information content (AvgIpc) is 3.48. The summed E-state index contributed by atoms with van der Waals surface area (Å²) in [5.41, 5.74) is 4.89. The van der Waals surface area contributed by atoms with Crippen molar-refractivity contribution in [3.63, 3.8) is 0 Å². The fourth-order valence-corrected chi connectivity index (χ4v) is 5.55. The normalized spacial score (nSPS) is 16.0. The minimum atomic E-state index is -0.224. The highest BCUT2D eigenvalue weighted by Crippen LogP contribution is 2.30. The maximum atomic E-state index is 13.5. The highest BCUT2D eigenvalue weighted by atomic mass is 32.1. The van der Waals surface area contributed by atoms with Crippen molar-refractivity contribution < 1.29 is 9.59 Å². The lowest BCUT2D eigenvalue weighted by Gasteiger charge is -2.33. The predicted molar refractivity (Wildman–Crippen MR) is 140 cm³/mol. The van der Waals surface area contributed by atoms with Crippen LogP contribution >= 0.6 is 11.3 Å². The number of piperidine rings is 1. The summed E-state index contributed by atoms with van der Waals surface area (Å²) < 4.78 is 1.71. The quantitative estimate of drug-likeness (QED) is 0.407. The maximum Gasteiger partial charge on any atom is 0.256 e. The van der Waals surface area contributed by atoms with Crippen LogP contribution < -0.4 is 5.32 Å². The Balaban J connectivity index is 1.46. The summed E-state index contributed by atoms with van der Waals surface area (Å²) in [7, 11) is 1.84. The summed E-state index contributed by atoms with van der Waals surface area (Å²) in [6.45, 7) is 6.71. The van der Waals surface area contributed by atoms with Gasteiger partial charge in [0.2, 0.25) is 0 Å². The molecule has 1 aliphatic heterocycles. The molecule has 1 unspecified atom stereocenters. The van der Waals surface area contributed by atoms with E-state index >= 15 is 0 Å². The second-order valence-corrected chi connectivity index (χ2v) is 10.2. The Hall–Kier alpha value is -3.52. The zero-order valence-electron chi connectivity index (χ0n) is 20.5. The van der Waals surface area contributed by atoms with Crippen LogP contribution in [0.2, 0.25) is 0 Å². The number of benzene rings is 1. The Bertz CT molecular complexity index is 1420. The third-order valence-electron chi connectivity index (χ3n) is 6.77. The van der Waals surface area contributed by atoms with Crippen molar-refractivity contribution in [3.8, 4) is 10.6 Å². The molecule has 1 N–H and O–H groups in total. The summed E-state index contributed by atoms with van der Waals surface area (Å²) in [4.78, 5) is 34.3. The Kier molecular flexibility index (Phi) is 6.15. The second-order valence-electron chi connectivity index (χ2n) is 9.27. The van der Waals surface area contributed by atoms with Gasteiger partial charge in [0, 0.05) is 30.9 Å². The number of hydrogen-bond donors (Lipinski definition) is 1. The van der Waals surface area contributed by atoms with Gasteiger partial charge in [0.15, 0.2) is 5.65 Å². The van der Waals surface area contributed by atoms with E-state index in [9.17, 15) is 9.59 Å². The third kappa shape index (κ3) is 4.34. The lowest BCUT2D eigenvalue weighted by molar-refractivity contribution is 0.0635. The van der Waals surface area contributed by atoms with Gasteiger partial charge in [0.05, 0.1) is 27.2 Å². The maximum absolute atomic E-state index is 13.5. The monoisotopic (exact) mass is 487 g/mol. The summed E-state index contributed by atoms with van der Waals surface area (Å²) in [5.74, 6) is -0.168. The van der Waals surface area contributed by atoms with E-state index in [0.29, 0.717) is 22.5 Å². The number of hydrogen-bond acceptors (Lipinski definition) is 5. The van der Waals surface area contributed by atoms with Crippen LogP contribution in [0.15, 0.2) is 41.8 Å². The number of anilines is 1. The SMILES string of the molecule is Cc1cc(C(=O)N2CCCCC2C)ccc1NC(=O)c1cc(-c2cccs2)nc2c1c(C)nn2C. The van der Waals surface area contributed by atoms with Crippen LogP contribution in [0, 0.1) is 13.8 Å². The van der Waals surface area contributed by atoms with Crippen molar-refractivity contribution in [1.29, 1.82) is 0 Å². The van der Waals surface area contributed by atoms with Crippen molar-refractivity contribution >= 4 is 39.9 Å². The van der Waals surface area contributed by atoms with Crippen LogP contribution in [-0.4, -0.2) is 44.1 Å². The van der Waals surface area contributed by atoms with E-state index < -0.39 is 0 Å². The highest BCUT2D eigenvalue weighted by molar-refractivity contribution is 7.13. The van der Waals surface area contributed by atoms with E-state index in [-0.39, 0.29) is 17.9 Å². The molecule has 8 heteroatoms. The van der Waals surface area contributed by atoms with Gasteiger partial charge in [-0.05, 0) is 81.3 Å². The number of rotatable bonds is 4. The van der Waals surface area contributed by atoms with Gasteiger partial charge in [-0.1, -0.05) is 6.07 Å². The molecule has 1 saturated heterocycles. The zero-order valence-corrected chi connectivity index (χ0v) is 21.3. The van der Waals surface area contributed by atoms with E-state index in [2.05, 4.69) is 17.3 Å². The van der Waals surface area contributed by atoms with E-state index in [0.717, 1.165) is 46.6 Å². The number of aromatic nitrogens is 3. The molecule has 0 saturated carbocycles. The number of thiophene rings is 1. The van der Waals surface area contributed by atoms with E-state index in [1.807, 2.05) is 61.5 Å². The molecule has 1 aliphatic rings. The first-order valence-corrected chi connectivity index (χ1v) is 12.8. The number of amides is 2. The zero-order chi connectivity index (χ0) is 24.7. The van der Waals surface area contributed by atoms with Crippen LogP contribution in [0.25, 0.3) is 21.6 Å². The van der Waals surface area contributed by atoms with Crippen molar-refractivity contribution in [2.75, 3.05) is 11.9 Å². The first-order valence-electron chi connectivity index (χ1n) is 11.9. The molecule has 180 valence electrons. The molecule has 4 heterocycles. The van der Waals surface area contributed by atoms with Gasteiger partial charge in [-0.15, -0.1) is 11.3 Å². The van der Waals surface area contributed by atoms with Gasteiger partial charge in [-0.2, -0.15) is 5.10 Å². The summed E-state index contributed by atoms with van der Waals surface area (Å²) in [6, 6.07) is 11.6. The molecule has 2 amide bonds. The molecule has 1 atom stereocenters. The van der Waals surface area contributed by atoms with Gasteiger partial charge < -0.3 is 10.2 Å². The number of nitrogens with zero attached hydrogens (tertiary/aromatic N) is 4. The minimum Gasteiger partial charge on any atom is -0.336 e. The van der Waals surface area contributed by atoms with Gasteiger partial charge >= 0.3 is 0 Å².